The molecule has 0 radical (unpaired) electrons. The van der Waals surface area contributed by atoms with E-state index >= 15 is 0 Å². The van der Waals surface area contributed by atoms with Gasteiger partial charge in [0.1, 0.15) is 5.56 Å². The van der Waals surface area contributed by atoms with Crippen molar-refractivity contribution in [3.63, 3.8) is 0 Å². The van der Waals surface area contributed by atoms with Crippen molar-refractivity contribution < 1.29 is 14.9 Å². The average Bonchev–Trinajstić information content (AvgIpc) is 2.43. The first kappa shape index (κ1) is 8.94. The second-order valence-corrected chi connectivity index (χ2v) is 3.73. The van der Waals surface area contributed by atoms with Crippen molar-refractivity contribution in [1.29, 1.82) is 0 Å². The summed E-state index contributed by atoms with van der Waals surface area (Å²) in [4.78, 5) is 14.1. The smallest absolute Gasteiger partial charge is 0.414 e. The van der Waals surface area contributed by atoms with Crippen LogP contribution in [0.15, 0.2) is 18.2 Å². The first-order valence-corrected chi connectivity index (χ1v) is 4.62. The first-order valence-electron chi connectivity index (χ1n) is 4.62. The molecular weight excluding hydrogens is 178 g/mol. The Hall–Kier alpha value is -1.64. The zero-order valence-electron chi connectivity index (χ0n) is 8.16. The van der Waals surface area contributed by atoms with Crippen molar-refractivity contribution in [1.82, 2.24) is 0 Å². The van der Waals surface area contributed by atoms with Gasteiger partial charge in [0.15, 0.2) is 0 Å². The molecule has 1 aromatic rings. The van der Waals surface area contributed by atoms with Crippen LogP contribution in [0, 0.1) is 0 Å². The topological polar surface area (TPSA) is 51.3 Å². The van der Waals surface area contributed by atoms with Crippen molar-refractivity contribution in [3.8, 4) is 0 Å². The number of carbonyl (C=O) groups is 1. The fourth-order valence-electron chi connectivity index (χ4n) is 1.68. The zero-order chi connectivity index (χ0) is 10.3. The Labute approximate surface area is 82.1 Å². The average molecular weight is 190 g/mol. The molecule has 1 aliphatic heterocycles. The molecule has 0 bridgehead atoms. The summed E-state index contributed by atoms with van der Waals surface area (Å²) in [6.07, 6.45) is 0. The summed E-state index contributed by atoms with van der Waals surface area (Å²) < 4.78 is 0. The molecule has 1 heterocycles. The highest BCUT2D eigenvalue weighted by molar-refractivity contribution is 6.42. The van der Waals surface area contributed by atoms with Gasteiger partial charge in [-0.25, -0.2) is 0 Å². The number of benzene rings is 1. The molecule has 2 N–H and O–H groups in total. The van der Waals surface area contributed by atoms with Gasteiger partial charge in [0, 0.05) is 5.56 Å². The van der Waals surface area contributed by atoms with E-state index in [9.17, 15) is 9.90 Å². The molecule has 0 amide bonds. The van der Waals surface area contributed by atoms with Gasteiger partial charge in [-0.2, -0.15) is 4.99 Å². The van der Waals surface area contributed by atoms with Crippen LogP contribution in [0.1, 0.15) is 35.7 Å². The minimum absolute atomic E-state index is 0.270. The van der Waals surface area contributed by atoms with Gasteiger partial charge in [-0.1, -0.05) is 26.0 Å². The van der Waals surface area contributed by atoms with E-state index in [1.807, 2.05) is 12.1 Å². The van der Waals surface area contributed by atoms with Crippen molar-refractivity contribution in [2.75, 3.05) is 0 Å². The Morgan fingerprint density at radius 1 is 1.36 bits per heavy atom. The number of para-hydroxylation sites is 1. The molecule has 1 aromatic carbocycles. The molecule has 0 unspecified atom stereocenters. The van der Waals surface area contributed by atoms with E-state index in [0.29, 0.717) is 11.5 Å². The van der Waals surface area contributed by atoms with Gasteiger partial charge in [-0.05, 0) is 12.0 Å². The van der Waals surface area contributed by atoms with Gasteiger partial charge in [0.05, 0.1) is 0 Å². The third-order valence-electron chi connectivity index (χ3n) is 2.42. The van der Waals surface area contributed by atoms with Crippen molar-refractivity contribution >= 4 is 17.4 Å². The summed E-state index contributed by atoms with van der Waals surface area (Å²) in [6, 6.07) is 5.52. The van der Waals surface area contributed by atoms with Gasteiger partial charge >= 0.3 is 11.7 Å². The Kier molecular flexibility index (Phi) is 1.88. The molecular formula is C11H12NO2+. The molecule has 3 heteroatoms. The van der Waals surface area contributed by atoms with Crippen LogP contribution in [0.3, 0.4) is 0 Å². The molecule has 14 heavy (non-hydrogen) atoms. The number of aliphatic hydroxyl groups excluding tert-OH is 1. The van der Waals surface area contributed by atoms with Gasteiger partial charge < -0.3 is 5.11 Å². The van der Waals surface area contributed by atoms with Crippen LogP contribution >= 0.6 is 0 Å². The molecule has 0 atom stereocenters. The second-order valence-electron chi connectivity index (χ2n) is 3.73. The maximum absolute atomic E-state index is 11.4. The molecule has 3 nitrogen and oxygen atoms in total. The minimum Gasteiger partial charge on any atom is -0.457 e. The van der Waals surface area contributed by atoms with Crippen molar-refractivity contribution in [2.24, 2.45) is 0 Å². The van der Waals surface area contributed by atoms with Crippen LogP contribution in [-0.4, -0.2) is 16.8 Å². The number of Topliss-reactive ketones (excluding diaryl/α,β-unsaturated/α-hetero) is 1. The van der Waals surface area contributed by atoms with E-state index in [1.54, 1.807) is 6.07 Å². The number of hydrogen-bond donors (Lipinski definition) is 2. The number of ketones is 1. The summed E-state index contributed by atoms with van der Waals surface area (Å²) in [5.74, 6) is -0.258. The van der Waals surface area contributed by atoms with E-state index in [1.165, 1.54) is 0 Å². The van der Waals surface area contributed by atoms with Crippen molar-refractivity contribution in [3.05, 3.63) is 29.3 Å². The number of fused-ring (bicyclic) bond motifs is 1. The van der Waals surface area contributed by atoms with E-state index in [4.69, 9.17) is 0 Å². The van der Waals surface area contributed by atoms with Gasteiger partial charge in [0.25, 0.3) is 0 Å². The van der Waals surface area contributed by atoms with Crippen LogP contribution in [0.4, 0.5) is 5.69 Å². The normalized spacial score (nSPS) is 14.5. The third-order valence-corrected chi connectivity index (χ3v) is 2.42. The van der Waals surface area contributed by atoms with Gasteiger partial charge in [0.2, 0.25) is 5.69 Å². The van der Waals surface area contributed by atoms with E-state index in [-0.39, 0.29) is 11.7 Å². The molecule has 72 valence electrons. The van der Waals surface area contributed by atoms with Crippen LogP contribution in [0.25, 0.3) is 0 Å². The Bertz CT molecular complexity index is 433. The molecule has 0 fully saturated rings. The lowest BCUT2D eigenvalue weighted by Gasteiger charge is -2.04. The lowest BCUT2D eigenvalue weighted by atomic mass is 9.98. The fourth-order valence-corrected chi connectivity index (χ4v) is 1.68. The molecule has 0 aliphatic carbocycles. The predicted octanol–water partition coefficient (Wildman–Crippen LogP) is 0.675. The molecule has 0 saturated heterocycles. The van der Waals surface area contributed by atoms with Gasteiger partial charge in [-0.15, -0.1) is 0 Å². The number of rotatable bonds is 1. The highest BCUT2D eigenvalue weighted by atomic mass is 16.3. The largest absolute Gasteiger partial charge is 0.457 e. The number of aliphatic hydroxyl groups is 1. The maximum atomic E-state index is 11.4. The Morgan fingerprint density at radius 3 is 2.71 bits per heavy atom. The zero-order valence-corrected chi connectivity index (χ0v) is 8.16. The lowest BCUT2D eigenvalue weighted by Crippen LogP contribution is -2.65. The summed E-state index contributed by atoms with van der Waals surface area (Å²) in [5.41, 5.74) is 2.37. The van der Waals surface area contributed by atoms with Crippen LogP contribution in [0.5, 0.6) is 0 Å². The molecule has 0 saturated carbocycles. The van der Waals surface area contributed by atoms with Crippen LogP contribution in [0.2, 0.25) is 0 Å². The SMILES string of the molecule is CC(C)c1cccc2c1[NH+]=C(O)C2=O. The third kappa shape index (κ3) is 1.13. The standard InChI is InChI=1S/C11H11NO2/c1-6(2)7-4-3-5-8-9(7)12-11(14)10(8)13/h3-6H,1-2H3,(H,12,13,14)/p+1. The van der Waals surface area contributed by atoms with Crippen LogP contribution in [-0.2, 0) is 0 Å². The summed E-state index contributed by atoms with van der Waals surface area (Å²) in [7, 11) is 0. The summed E-state index contributed by atoms with van der Waals surface area (Å²) in [6.45, 7) is 4.11. The highest BCUT2D eigenvalue weighted by Gasteiger charge is 2.33. The monoisotopic (exact) mass is 190 g/mol. The number of carbonyl (C=O) groups excluding carboxylic acids is 1. The summed E-state index contributed by atoms with van der Waals surface area (Å²) in [5, 5.41) is 9.28. The number of nitrogens with one attached hydrogen (secondary N) is 1. The molecule has 0 aromatic heterocycles. The summed E-state index contributed by atoms with van der Waals surface area (Å²) >= 11 is 0. The molecule has 0 spiro atoms. The fraction of sp³-hybridized carbons (Fsp3) is 0.273. The number of hydrogen-bond acceptors (Lipinski definition) is 1. The van der Waals surface area contributed by atoms with E-state index in [0.717, 1.165) is 11.3 Å². The van der Waals surface area contributed by atoms with E-state index < -0.39 is 0 Å². The quantitative estimate of drug-likeness (QED) is 0.684. The molecule has 1 aliphatic rings. The second kappa shape index (κ2) is 2.94. The first-order chi connectivity index (χ1) is 6.61. The van der Waals surface area contributed by atoms with E-state index in [2.05, 4.69) is 18.8 Å². The van der Waals surface area contributed by atoms with Crippen LogP contribution < -0.4 is 4.99 Å². The molecule has 2 rings (SSSR count). The minimum atomic E-state index is -0.317. The maximum Gasteiger partial charge on any atom is 0.414 e. The highest BCUT2D eigenvalue weighted by Crippen LogP contribution is 2.25. The lowest BCUT2D eigenvalue weighted by molar-refractivity contribution is -0.360. The van der Waals surface area contributed by atoms with Crippen molar-refractivity contribution in [2.45, 2.75) is 19.8 Å². The Balaban J connectivity index is 2.65. The Morgan fingerprint density at radius 2 is 2.07 bits per heavy atom. The predicted molar refractivity (Wildman–Crippen MR) is 53.1 cm³/mol. The van der Waals surface area contributed by atoms with Gasteiger partial charge in [-0.3, -0.25) is 4.79 Å².